The number of aromatic nitrogens is 2. The summed E-state index contributed by atoms with van der Waals surface area (Å²) in [5.74, 6) is -0.0769. The standard InChI is InChI=1S/C24H25ClN4O/c1-15-21(12-17-6-8-18(9-7-17)23(30)27-24(3,4)5)16(2)29(28-15)20-11-10-19(14-26)22(25)13-20/h6-11,13H,12H2,1-5H3,(H,27,30). The van der Waals surface area contributed by atoms with Gasteiger partial charge in [-0.25, -0.2) is 4.68 Å². The molecule has 6 heteroatoms. The van der Waals surface area contributed by atoms with Gasteiger partial charge in [-0.05, 0) is 70.5 Å². The van der Waals surface area contributed by atoms with Crippen molar-refractivity contribution in [2.75, 3.05) is 0 Å². The maximum absolute atomic E-state index is 12.3. The molecule has 5 nitrogen and oxygen atoms in total. The van der Waals surface area contributed by atoms with E-state index in [4.69, 9.17) is 16.9 Å². The van der Waals surface area contributed by atoms with Gasteiger partial charge in [0, 0.05) is 28.8 Å². The highest BCUT2D eigenvalue weighted by Gasteiger charge is 2.17. The number of nitrogens with zero attached hydrogens (tertiary/aromatic N) is 3. The number of nitriles is 1. The molecule has 154 valence electrons. The second kappa shape index (κ2) is 8.33. The minimum absolute atomic E-state index is 0.0769. The number of aryl methyl sites for hydroxylation is 1. The first-order valence-corrected chi connectivity index (χ1v) is 10.1. The van der Waals surface area contributed by atoms with Gasteiger partial charge in [-0.2, -0.15) is 10.4 Å². The van der Waals surface area contributed by atoms with E-state index in [2.05, 4.69) is 16.5 Å². The third kappa shape index (κ3) is 4.72. The Balaban J connectivity index is 1.84. The fraction of sp³-hybridized carbons (Fsp3) is 0.292. The SMILES string of the molecule is Cc1nn(-c2ccc(C#N)c(Cl)c2)c(C)c1Cc1ccc(C(=O)NC(C)(C)C)cc1. The molecule has 0 bridgehead atoms. The lowest BCUT2D eigenvalue weighted by Gasteiger charge is -2.20. The van der Waals surface area contributed by atoms with E-state index in [9.17, 15) is 4.79 Å². The lowest BCUT2D eigenvalue weighted by atomic mass is 10.0. The molecule has 3 aromatic rings. The molecule has 0 fully saturated rings. The zero-order valence-electron chi connectivity index (χ0n) is 17.9. The highest BCUT2D eigenvalue weighted by molar-refractivity contribution is 6.31. The second-order valence-corrected chi connectivity index (χ2v) is 8.82. The fourth-order valence-electron chi connectivity index (χ4n) is 3.30. The summed E-state index contributed by atoms with van der Waals surface area (Å²) in [6.45, 7) is 9.89. The summed E-state index contributed by atoms with van der Waals surface area (Å²) < 4.78 is 1.85. The molecule has 0 saturated heterocycles. The van der Waals surface area contributed by atoms with E-state index in [0.717, 1.165) is 28.2 Å². The van der Waals surface area contributed by atoms with Crippen molar-refractivity contribution in [1.29, 1.82) is 5.26 Å². The van der Waals surface area contributed by atoms with Crippen LogP contribution in [0.15, 0.2) is 42.5 Å². The summed E-state index contributed by atoms with van der Waals surface area (Å²) in [7, 11) is 0. The summed E-state index contributed by atoms with van der Waals surface area (Å²) >= 11 is 6.19. The van der Waals surface area contributed by atoms with Crippen LogP contribution in [-0.4, -0.2) is 21.2 Å². The number of amides is 1. The van der Waals surface area contributed by atoms with Gasteiger partial charge in [0.05, 0.1) is 22.0 Å². The first-order chi connectivity index (χ1) is 14.1. The summed E-state index contributed by atoms with van der Waals surface area (Å²) in [4.78, 5) is 12.3. The fourth-order valence-corrected chi connectivity index (χ4v) is 3.52. The van der Waals surface area contributed by atoms with Gasteiger partial charge in [0.2, 0.25) is 0 Å². The van der Waals surface area contributed by atoms with Crippen molar-refractivity contribution in [3.8, 4) is 11.8 Å². The average Bonchev–Trinajstić information content (AvgIpc) is 2.95. The Bertz CT molecular complexity index is 1130. The number of carbonyl (C=O) groups excluding carboxylic acids is 1. The Morgan fingerprint density at radius 1 is 1.17 bits per heavy atom. The Kier molecular flexibility index (Phi) is 6.00. The zero-order valence-corrected chi connectivity index (χ0v) is 18.6. The molecule has 0 aliphatic rings. The number of nitrogens with one attached hydrogen (secondary N) is 1. The molecule has 0 aliphatic carbocycles. The number of benzene rings is 2. The molecule has 30 heavy (non-hydrogen) atoms. The molecule has 1 N–H and O–H groups in total. The minimum atomic E-state index is -0.271. The van der Waals surface area contributed by atoms with E-state index in [-0.39, 0.29) is 11.4 Å². The maximum atomic E-state index is 12.3. The number of rotatable bonds is 4. The second-order valence-electron chi connectivity index (χ2n) is 8.41. The average molecular weight is 421 g/mol. The molecule has 0 spiro atoms. The third-order valence-corrected chi connectivity index (χ3v) is 5.16. The van der Waals surface area contributed by atoms with E-state index < -0.39 is 0 Å². The molecule has 1 heterocycles. The van der Waals surface area contributed by atoms with Crippen LogP contribution < -0.4 is 5.32 Å². The Hall–Kier alpha value is -3.10. The van der Waals surface area contributed by atoms with E-state index in [1.807, 2.05) is 69.6 Å². The predicted molar refractivity (Wildman–Crippen MR) is 119 cm³/mol. The van der Waals surface area contributed by atoms with Crippen molar-refractivity contribution in [3.63, 3.8) is 0 Å². The zero-order chi connectivity index (χ0) is 22.1. The molecule has 1 aromatic heterocycles. The van der Waals surface area contributed by atoms with Crippen molar-refractivity contribution in [1.82, 2.24) is 15.1 Å². The van der Waals surface area contributed by atoms with Crippen LogP contribution in [0.3, 0.4) is 0 Å². The summed E-state index contributed by atoms with van der Waals surface area (Å²) in [6.07, 6.45) is 0.711. The van der Waals surface area contributed by atoms with Crippen LogP contribution in [0.5, 0.6) is 0 Å². The van der Waals surface area contributed by atoms with Crippen molar-refractivity contribution in [2.24, 2.45) is 0 Å². The van der Waals surface area contributed by atoms with Gasteiger partial charge in [-0.1, -0.05) is 23.7 Å². The molecular weight excluding hydrogens is 396 g/mol. The van der Waals surface area contributed by atoms with Crippen molar-refractivity contribution >= 4 is 17.5 Å². The van der Waals surface area contributed by atoms with Crippen molar-refractivity contribution in [3.05, 3.63) is 81.1 Å². The molecule has 0 saturated carbocycles. The van der Waals surface area contributed by atoms with Crippen LogP contribution in [0, 0.1) is 25.2 Å². The third-order valence-electron chi connectivity index (χ3n) is 4.84. The topological polar surface area (TPSA) is 70.7 Å². The first kappa shape index (κ1) is 21.6. The maximum Gasteiger partial charge on any atom is 0.251 e. The van der Waals surface area contributed by atoms with Crippen LogP contribution in [0.2, 0.25) is 5.02 Å². The number of carbonyl (C=O) groups is 1. The molecule has 0 unspecified atom stereocenters. The number of hydrogen-bond donors (Lipinski definition) is 1. The lowest BCUT2D eigenvalue weighted by Crippen LogP contribution is -2.40. The highest BCUT2D eigenvalue weighted by atomic mass is 35.5. The Morgan fingerprint density at radius 2 is 1.83 bits per heavy atom. The van der Waals surface area contributed by atoms with Gasteiger partial charge in [0.15, 0.2) is 0 Å². The van der Waals surface area contributed by atoms with E-state index >= 15 is 0 Å². The molecule has 0 aliphatic heterocycles. The lowest BCUT2D eigenvalue weighted by molar-refractivity contribution is 0.0919. The van der Waals surface area contributed by atoms with Gasteiger partial charge in [0.1, 0.15) is 6.07 Å². The highest BCUT2D eigenvalue weighted by Crippen LogP contribution is 2.24. The molecular formula is C24H25ClN4O. The Morgan fingerprint density at radius 3 is 2.40 bits per heavy atom. The first-order valence-electron chi connectivity index (χ1n) is 9.75. The minimum Gasteiger partial charge on any atom is -0.347 e. The van der Waals surface area contributed by atoms with Gasteiger partial charge >= 0.3 is 0 Å². The number of hydrogen-bond acceptors (Lipinski definition) is 3. The largest absolute Gasteiger partial charge is 0.347 e. The quantitative estimate of drug-likeness (QED) is 0.635. The van der Waals surface area contributed by atoms with Gasteiger partial charge in [-0.3, -0.25) is 4.79 Å². The van der Waals surface area contributed by atoms with Crippen LogP contribution in [0.1, 0.15) is 59.2 Å². The molecule has 0 atom stereocenters. The molecule has 2 aromatic carbocycles. The van der Waals surface area contributed by atoms with Crippen LogP contribution >= 0.6 is 11.6 Å². The number of halogens is 1. The van der Waals surface area contributed by atoms with E-state index in [1.165, 1.54) is 0 Å². The van der Waals surface area contributed by atoms with Crippen molar-refractivity contribution < 1.29 is 4.79 Å². The summed E-state index contributed by atoms with van der Waals surface area (Å²) in [6, 6.07) is 15.0. The summed E-state index contributed by atoms with van der Waals surface area (Å²) in [5.41, 5.74) is 5.81. The van der Waals surface area contributed by atoms with E-state index in [1.54, 1.807) is 12.1 Å². The molecule has 0 radical (unpaired) electrons. The predicted octanol–water partition coefficient (Wildman–Crippen LogP) is 5.13. The van der Waals surface area contributed by atoms with Crippen molar-refractivity contribution in [2.45, 2.75) is 46.6 Å². The smallest absolute Gasteiger partial charge is 0.251 e. The van der Waals surface area contributed by atoms with Gasteiger partial charge in [-0.15, -0.1) is 0 Å². The molecule has 3 rings (SSSR count). The Labute approximate surface area is 182 Å². The monoisotopic (exact) mass is 420 g/mol. The van der Waals surface area contributed by atoms with Crippen LogP contribution in [-0.2, 0) is 6.42 Å². The molecule has 1 amide bonds. The van der Waals surface area contributed by atoms with Gasteiger partial charge < -0.3 is 5.32 Å². The van der Waals surface area contributed by atoms with Gasteiger partial charge in [0.25, 0.3) is 5.91 Å². The van der Waals surface area contributed by atoms with E-state index in [0.29, 0.717) is 22.6 Å². The normalized spacial score (nSPS) is 11.2. The van der Waals surface area contributed by atoms with Crippen LogP contribution in [0.4, 0.5) is 0 Å². The van der Waals surface area contributed by atoms with Crippen LogP contribution in [0.25, 0.3) is 5.69 Å². The summed E-state index contributed by atoms with van der Waals surface area (Å²) in [5, 5.41) is 17.1.